The van der Waals surface area contributed by atoms with Gasteiger partial charge in [-0.05, 0) is 98.2 Å². The maximum Gasteiger partial charge on any atom is 0.242 e. The van der Waals surface area contributed by atoms with Crippen LogP contribution in [0.1, 0.15) is 58.7 Å². The van der Waals surface area contributed by atoms with E-state index in [1.54, 1.807) is 96.7 Å². The average molecular weight is 825 g/mol. The van der Waals surface area contributed by atoms with Crippen LogP contribution >= 0.6 is 22.9 Å². The standard InChI is InChI=1S/C46H37ClN4O7S/c1-23-31-19-26(47)11-18-36(31)59-41(23)34-21-37(49(3)48-34)51-43(55)33-20-32-29(39(46(33,2)45(51)57)35-17-14-28(22-52)58-35)15-16-30-38(32)44(56)50(42(30)54)27-12-9-25(10-13-27)40(53)24-7-5-4-6-8-24/h4-15,17-19,21,30,32-33,38-39,52H,16,20,22H2,1-3H3/t30-,32+,33-,38-,39+,46+/m0/s1. The molecule has 4 amide bonds. The van der Waals surface area contributed by atoms with E-state index in [0.29, 0.717) is 44.9 Å². The molecule has 0 bridgehead atoms. The van der Waals surface area contributed by atoms with Crippen molar-refractivity contribution in [2.45, 2.75) is 39.2 Å². The van der Waals surface area contributed by atoms with Crippen molar-refractivity contribution in [2.75, 3.05) is 9.80 Å². The van der Waals surface area contributed by atoms with Gasteiger partial charge in [-0.1, -0.05) is 53.6 Å². The van der Waals surface area contributed by atoms with Crippen molar-refractivity contribution in [2.24, 2.45) is 36.1 Å². The zero-order valence-electron chi connectivity index (χ0n) is 32.2. The Morgan fingerprint density at radius 1 is 0.915 bits per heavy atom. The van der Waals surface area contributed by atoms with E-state index in [1.807, 2.05) is 37.3 Å². The van der Waals surface area contributed by atoms with Crippen LogP contribution < -0.4 is 9.80 Å². The molecule has 3 aromatic heterocycles. The summed E-state index contributed by atoms with van der Waals surface area (Å²) in [5, 5.41) is 16.4. The molecule has 1 N–H and O–H groups in total. The molecule has 2 aliphatic heterocycles. The number of aliphatic hydroxyl groups is 1. The lowest BCUT2D eigenvalue weighted by atomic mass is 9.52. The highest BCUT2D eigenvalue weighted by Gasteiger charge is 2.68. The highest BCUT2D eigenvalue weighted by atomic mass is 35.5. The number of carbonyl (C=O) groups is 5. The van der Waals surface area contributed by atoms with Gasteiger partial charge in [-0.25, -0.2) is 4.90 Å². The number of furan rings is 1. The van der Waals surface area contributed by atoms with Crippen LogP contribution in [0.15, 0.2) is 107 Å². The van der Waals surface area contributed by atoms with Crippen LogP contribution in [-0.2, 0) is 32.8 Å². The Balaban J connectivity index is 1.01. The van der Waals surface area contributed by atoms with Gasteiger partial charge >= 0.3 is 0 Å². The first-order valence-electron chi connectivity index (χ1n) is 19.5. The molecule has 4 aliphatic rings. The fourth-order valence-electron chi connectivity index (χ4n) is 10.2. The number of anilines is 2. The van der Waals surface area contributed by atoms with Crippen LogP contribution in [0.3, 0.4) is 0 Å². The summed E-state index contributed by atoms with van der Waals surface area (Å²) < 4.78 is 8.76. The molecule has 296 valence electrons. The number of hydrogen-bond acceptors (Lipinski definition) is 9. The molecule has 5 heterocycles. The highest BCUT2D eigenvalue weighted by molar-refractivity contribution is 7.22. The van der Waals surface area contributed by atoms with E-state index in [-0.39, 0.29) is 37.0 Å². The molecular weight excluding hydrogens is 788 g/mol. The minimum Gasteiger partial charge on any atom is -0.463 e. The molecule has 10 rings (SSSR count). The second-order valence-corrected chi connectivity index (χ2v) is 17.6. The maximum atomic E-state index is 15.1. The smallest absolute Gasteiger partial charge is 0.242 e. The minimum atomic E-state index is -1.34. The third-order valence-electron chi connectivity index (χ3n) is 13.0. The summed E-state index contributed by atoms with van der Waals surface area (Å²) in [6.07, 6.45) is 2.37. The molecule has 1 saturated carbocycles. The van der Waals surface area contributed by atoms with Gasteiger partial charge in [-0.2, -0.15) is 5.10 Å². The van der Waals surface area contributed by atoms with Crippen molar-refractivity contribution < 1.29 is 33.5 Å². The van der Waals surface area contributed by atoms with Gasteiger partial charge in [0.25, 0.3) is 0 Å². The monoisotopic (exact) mass is 824 g/mol. The zero-order chi connectivity index (χ0) is 41.1. The number of halogens is 1. The van der Waals surface area contributed by atoms with Crippen molar-refractivity contribution in [1.82, 2.24) is 9.78 Å². The van der Waals surface area contributed by atoms with Crippen molar-refractivity contribution in [3.63, 3.8) is 0 Å². The van der Waals surface area contributed by atoms with E-state index in [1.165, 1.54) is 9.80 Å². The number of thiophene rings is 1. The lowest BCUT2D eigenvalue weighted by molar-refractivity contribution is -0.131. The molecule has 11 nitrogen and oxygen atoms in total. The Morgan fingerprint density at radius 2 is 1.66 bits per heavy atom. The quantitative estimate of drug-likeness (QED) is 0.0970. The summed E-state index contributed by atoms with van der Waals surface area (Å²) in [6.45, 7) is 3.42. The number of benzene rings is 3. The summed E-state index contributed by atoms with van der Waals surface area (Å²) in [6, 6.07) is 26.2. The first-order chi connectivity index (χ1) is 28.4. The molecule has 3 aromatic carbocycles. The number of aromatic nitrogens is 2. The normalized spacial score (nSPS) is 25.1. The number of imide groups is 2. The molecule has 6 atom stereocenters. The topological polar surface area (TPSA) is 143 Å². The van der Waals surface area contributed by atoms with E-state index >= 15 is 4.79 Å². The molecule has 2 aliphatic carbocycles. The van der Waals surface area contributed by atoms with Crippen molar-refractivity contribution in [3.05, 3.63) is 136 Å². The third kappa shape index (κ3) is 5.42. The lowest BCUT2D eigenvalue weighted by Crippen LogP contribution is -2.48. The summed E-state index contributed by atoms with van der Waals surface area (Å²) >= 11 is 7.88. The number of hydrogen-bond donors (Lipinski definition) is 1. The van der Waals surface area contributed by atoms with Gasteiger partial charge in [0.15, 0.2) is 5.78 Å². The van der Waals surface area contributed by atoms with E-state index in [0.717, 1.165) is 26.1 Å². The Hall–Kier alpha value is -5.95. The Morgan fingerprint density at radius 3 is 2.39 bits per heavy atom. The predicted octanol–water partition coefficient (Wildman–Crippen LogP) is 8.02. The second kappa shape index (κ2) is 13.6. The third-order valence-corrected chi connectivity index (χ3v) is 14.6. The molecule has 0 radical (unpaired) electrons. The van der Waals surface area contributed by atoms with Gasteiger partial charge in [-0.3, -0.25) is 33.6 Å². The fraction of sp³-hybridized carbons (Fsp3) is 0.261. The van der Waals surface area contributed by atoms with Gasteiger partial charge in [0.1, 0.15) is 29.6 Å². The number of allylic oxidation sites excluding steroid dienone is 2. The lowest BCUT2D eigenvalue weighted by Gasteiger charge is -2.48. The molecule has 0 spiro atoms. The summed E-state index contributed by atoms with van der Waals surface area (Å²) in [7, 11) is 1.70. The van der Waals surface area contributed by atoms with Crippen LogP contribution in [0.5, 0.6) is 0 Å². The van der Waals surface area contributed by atoms with Crippen LogP contribution in [0.4, 0.5) is 11.5 Å². The maximum absolute atomic E-state index is 15.1. The molecular formula is C46H37ClN4O7S. The fourth-order valence-corrected chi connectivity index (χ4v) is 11.5. The number of aryl methyl sites for hydroxylation is 2. The van der Waals surface area contributed by atoms with Crippen LogP contribution in [0.2, 0.25) is 5.02 Å². The van der Waals surface area contributed by atoms with E-state index in [4.69, 9.17) is 21.1 Å². The van der Waals surface area contributed by atoms with Crippen molar-refractivity contribution >= 4 is 73.9 Å². The van der Waals surface area contributed by atoms with E-state index in [9.17, 15) is 24.3 Å². The first-order valence-corrected chi connectivity index (χ1v) is 20.7. The second-order valence-electron chi connectivity index (χ2n) is 16.1. The van der Waals surface area contributed by atoms with Crippen molar-refractivity contribution in [1.29, 1.82) is 0 Å². The molecule has 59 heavy (non-hydrogen) atoms. The number of ketones is 1. The van der Waals surface area contributed by atoms with Gasteiger partial charge in [-0.15, -0.1) is 11.3 Å². The highest BCUT2D eigenvalue weighted by Crippen LogP contribution is 2.64. The largest absolute Gasteiger partial charge is 0.463 e. The van der Waals surface area contributed by atoms with Gasteiger partial charge < -0.3 is 9.52 Å². The number of aliphatic hydroxyl groups excluding tert-OH is 1. The summed E-state index contributed by atoms with van der Waals surface area (Å²) in [4.78, 5) is 75.2. The summed E-state index contributed by atoms with van der Waals surface area (Å²) in [5.74, 6) is -4.42. The first kappa shape index (κ1) is 37.3. The number of carbonyl (C=O) groups excluding carboxylic acids is 5. The number of nitrogens with zero attached hydrogens (tertiary/aromatic N) is 4. The number of amides is 4. The van der Waals surface area contributed by atoms with Gasteiger partial charge in [0.05, 0.1) is 39.7 Å². The van der Waals surface area contributed by atoms with Crippen LogP contribution in [-0.4, -0.2) is 44.3 Å². The van der Waals surface area contributed by atoms with Gasteiger partial charge in [0.2, 0.25) is 23.6 Å². The number of fused-ring (bicyclic) bond motifs is 5. The van der Waals surface area contributed by atoms with E-state index in [2.05, 4.69) is 0 Å². The SMILES string of the molecule is Cc1c(-c2cc(N3C(=O)[C@@H]4C[C@@H]5C(=CC[C@@H]6C(=O)N(c7ccc(C(=O)c8ccccc8)cc7)C(=O)[C@@H]65)[C@H](c5ccc(CO)o5)[C@]4(C)C3=O)n(C)n2)sc2ccc(Cl)cc12. The average Bonchev–Trinajstić information content (AvgIpc) is 4.04. The molecule has 2 saturated heterocycles. The van der Waals surface area contributed by atoms with Crippen molar-refractivity contribution in [3.8, 4) is 10.6 Å². The predicted molar refractivity (Wildman–Crippen MR) is 222 cm³/mol. The minimum absolute atomic E-state index is 0.160. The van der Waals surface area contributed by atoms with Crippen LogP contribution in [0.25, 0.3) is 20.7 Å². The molecule has 6 aromatic rings. The number of rotatable bonds is 7. The Bertz CT molecular complexity index is 2820. The Labute approximate surface area is 347 Å². The summed E-state index contributed by atoms with van der Waals surface area (Å²) in [5.41, 5.74) is 2.34. The molecule has 3 fully saturated rings. The van der Waals surface area contributed by atoms with Gasteiger partial charge in [0, 0.05) is 34.0 Å². The zero-order valence-corrected chi connectivity index (χ0v) is 33.8. The molecule has 0 unspecified atom stereocenters. The van der Waals surface area contributed by atoms with E-state index < -0.39 is 46.8 Å². The molecule has 13 heteroatoms. The van der Waals surface area contributed by atoms with Crippen LogP contribution in [0, 0.1) is 36.0 Å². The Kier molecular flexibility index (Phi) is 8.57.